The van der Waals surface area contributed by atoms with Crippen LogP contribution in [0.5, 0.6) is 0 Å². The predicted octanol–water partition coefficient (Wildman–Crippen LogP) is 7.78. The molecule has 5 aromatic rings. The average Bonchev–Trinajstić information content (AvgIpc) is 3.52. The maximum absolute atomic E-state index is 13.0. The molecule has 3 aromatic carbocycles. The molecule has 0 aliphatic heterocycles. The van der Waals surface area contributed by atoms with Gasteiger partial charge in [-0.1, -0.05) is 54.1 Å². The second-order valence-corrected chi connectivity index (χ2v) is 9.00. The second kappa shape index (κ2) is 9.96. The Labute approximate surface area is 213 Å². The molecule has 5 rings (SSSR count). The summed E-state index contributed by atoms with van der Waals surface area (Å²) in [4.78, 5) is 4.53. The van der Waals surface area contributed by atoms with Crippen LogP contribution in [-0.4, -0.2) is 21.0 Å². The fourth-order valence-electron chi connectivity index (χ4n) is 3.47. The summed E-state index contributed by atoms with van der Waals surface area (Å²) in [7, 11) is 0. The minimum Gasteiger partial charge on any atom is -0.253 e. The zero-order chi connectivity index (χ0) is 25.1. The van der Waals surface area contributed by atoms with E-state index in [-0.39, 0.29) is 0 Å². The van der Waals surface area contributed by atoms with Gasteiger partial charge < -0.3 is 0 Å². The van der Waals surface area contributed by atoms with Crippen LogP contribution in [0.1, 0.15) is 11.1 Å². The van der Waals surface area contributed by atoms with E-state index in [4.69, 9.17) is 11.6 Å². The monoisotopic (exact) mass is 523 g/mol. The van der Waals surface area contributed by atoms with Crippen LogP contribution in [0.3, 0.4) is 0 Å². The first-order valence-electron chi connectivity index (χ1n) is 10.7. The topological polar surface area (TPSA) is 55.1 Å². The van der Waals surface area contributed by atoms with E-state index in [1.165, 1.54) is 23.5 Å². The van der Waals surface area contributed by atoms with E-state index in [9.17, 15) is 13.2 Å². The Kier molecular flexibility index (Phi) is 6.58. The van der Waals surface area contributed by atoms with E-state index in [1.54, 1.807) is 29.2 Å². The highest BCUT2D eigenvalue weighted by atomic mass is 35.5. The fraction of sp³-hybridized carbons (Fsp3) is 0.0385. The van der Waals surface area contributed by atoms with E-state index < -0.39 is 11.7 Å². The van der Waals surface area contributed by atoms with Crippen LogP contribution in [0.4, 0.5) is 18.3 Å². The highest BCUT2D eigenvalue weighted by Gasteiger charge is 2.30. The Balaban J connectivity index is 1.42. The summed E-state index contributed by atoms with van der Waals surface area (Å²) in [6, 6.07) is 21.7. The molecule has 0 radical (unpaired) electrons. The van der Waals surface area contributed by atoms with E-state index in [1.807, 2.05) is 47.8 Å². The molecule has 5 nitrogen and oxygen atoms in total. The number of nitrogens with one attached hydrogen (secondary N) is 1. The lowest BCUT2D eigenvalue weighted by molar-refractivity contribution is -0.137. The van der Waals surface area contributed by atoms with Gasteiger partial charge in [-0.3, -0.25) is 5.43 Å². The van der Waals surface area contributed by atoms with E-state index in [2.05, 4.69) is 20.6 Å². The standard InChI is InChI=1S/C26H17ClF3N5S/c27-21-12-8-17(9-13-21)23-16-36-25(32-23)33-31-14-19-15-35(22-4-2-1-3-5-22)34-24(19)18-6-10-20(11-7-18)26(28,29)30/h1-16H,(H,32,33)/b31-14+. The van der Waals surface area contributed by atoms with Crippen LogP contribution < -0.4 is 5.43 Å². The van der Waals surface area contributed by atoms with Crippen LogP contribution in [-0.2, 0) is 6.18 Å². The van der Waals surface area contributed by atoms with Gasteiger partial charge in [0.15, 0.2) is 0 Å². The third kappa shape index (κ3) is 5.32. The van der Waals surface area contributed by atoms with Gasteiger partial charge in [0.05, 0.1) is 23.2 Å². The minimum absolute atomic E-state index is 0.499. The molecule has 36 heavy (non-hydrogen) atoms. The first kappa shape index (κ1) is 23.8. The van der Waals surface area contributed by atoms with Crippen molar-refractivity contribution < 1.29 is 13.2 Å². The van der Waals surface area contributed by atoms with Gasteiger partial charge in [-0.25, -0.2) is 9.67 Å². The SMILES string of the molecule is FC(F)(F)c1ccc(-c2nn(-c3ccccc3)cc2/C=N/Nc2nc(-c3ccc(Cl)cc3)cs2)cc1. The van der Waals surface area contributed by atoms with Crippen molar-refractivity contribution in [3.8, 4) is 28.2 Å². The van der Waals surface area contributed by atoms with Gasteiger partial charge in [-0.05, 0) is 36.4 Å². The highest BCUT2D eigenvalue weighted by Crippen LogP contribution is 2.32. The lowest BCUT2D eigenvalue weighted by Crippen LogP contribution is -2.04. The molecule has 0 fully saturated rings. The number of thiazole rings is 1. The number of anilines is 1. The number of aromatic nitrogens is 3. The van der Waals surface area contributed by atoms with Gasteiger partial charge in [-0.15, -0.1) is 11.3 Å². The number of hydrazone groups is 1. The van der Waals surface area contributed by atoms with Crippen molar-refractivity contribution in [2.75, 3.05) is 5.43 Å². The number of benzene rings is 3. The first-order valence-corrected chi connectivity index (χ1v) is 12.0. The number of para-hydroxylation sites is 1. The van der Waals surface area contributed by atoms with Gasteiger partial charge >= 0.3 is 6.18 Å². The third-order valence-corrected chi connectivity index (χ3v) is 6.26. The Hall–Kier alpha value is -3.95. The molecule has 0 unspecified atom stereocenters. The number of alkyl halides is 3. The fourth-order valence-corrected chi connectivity index (χ4v) is 4.27. The van der Waals surface area contributed by atoms with Crippen molar-refractivity contribution in [3.05, 3.63) is 107 Å². The summed E-state index contributed by atoms with van der Waals surface area (Å²) in [6.07, 6.45) is -1.06. The van der Waals surface area contributed by atoms with Gasteiger partial charge in [0.1, 0.15) is 5.69 Å². The van der Waals surface area contributed by atoms with Crippen LogP contribution in [0, 0.1) is 0 Å². The smallest absolute Gasteiger partial charge is 0.253 e. The maximum atomic E-state index is 13.0. The van der Waals surface area contributed by atoms with Gasteiger partial charge in [0, 0.05) is 33.3 Å². The van der Waals surface area contributed by atoms with Crippen LogP contribution in [0.2, 0.25) is 5.02 Å². The molecule has 1 N–H and O–H groups in total. The summed E-state index contributed by atoms with van der Waals surface area (Å²) >= 11 is 7.34. The number of halogens is 4. The zero-order valence-corrected chi connectivity index (χ0v) is 20.0. The van der Waals surface area contributed by atoms with Crippen molar-refractivity contribution in [1.82, 2.24) is 14.8 Å². The molecule has 2 heterocycles. The molecule has 0 aliphatic rings. The Morgan fingerprint density at radius 1 is 0.917 bits per heavy atom. The van der Waals surface area contributed by atoms with Crippen LogP contribution >= 0.6 is 22.9 Å². The van der Waals surface area contributed by atoms with Crippen molar-refractivity contribution in [1.29, 1.82) is 0 Å². The van der Waals surface area contributed by atoms with Crippen molar-refractivity contribution in [2.45, 2.75) is 6.18 Å². The molecule has 0 aliphatic carbocycles. The molecule has 0 amide bonds. The molecule has 0 atom stereocenters. The molecular formula is C26H17ClF3N5S. The molecule has 0 bridgehead atoms. The van der Waals surface area contributed by atoms with Crippen molar-refractivity contribution in [3.63, 3.8) is 0 Å². The molecule has 0 saturated heterocycles. The lowest BCUT2D eigenvalue weighted by Gasteiger charge is -2.07. The summed E-state index contributed by atoms with van der Waals surface area (Å²) in [5, 5.41) is 12.1. The normalized spacial score (nSPS) is 11.8. The van der Waals surface area contributed by atoms with Gasteiger partial charge in [0.2, 0.25) is 5.13 Å². The minimum atomic E-state index is -4.41. The highest BCUT2D eigenvalue weighted by molar-refractivity contribution is 7.14. The predicted molar refractivity (Wildman–Crippen MR) is 138 cm³/mol. The quantitative estimate of drug-likeness (QED) is 0.183. The average molecular weight is 524 g/mol. The van der Waals surface area contributed by atoms with Gasteiger partial charge in [-0.2, -0.15) is 23.4 Å². The summed E-state index contributed by atoms with van der Waals surface area (Å²) in [6.45, 7) is 0. The summed E-state index contributed by atoms with van der Waals surface area (Å²) in [5.41, 5.74) is 6.40. The van der Waals surface area contributed by atoms with Crippen molar-refractivity contribution >= 4 is 34.3 Å². The molecule has 180 valence electrons. The summed E-state index contributed by atoms with van der Waals surface area (Å²) < 4.78 is 40.7. The van der Waals surface area contributed by atoms with Crippen LogP contribution in [0.25, 0.3) is 28.2 Å². The van der Waals surface area contributed by atoms with E-state index >= 15 is 0 Å². The van der Waals surface area contributed by atoms with Crippen LogP contribution in [0.15, 0.2) is 95.5 Å². The lowest BCUT2D eigenvalue weighted by atomic mass is 10.1. The molecule has 0 spiro atoms. The second-order valence-electron chi connectivity index (χ2n) is 7.70. The number of rotatable bonds is 6. The van der Waals surface area contributed by atoms with E-state index in [0.717, 1.165) is 29.1 Å². The maximum Gasteiger partial charge on any atom is 0.416 e. The van der Waals surface area contributed by atoms with Gasteiger partial charge in [0.25, 0.3) is 0 Å². The Bertz CT molecular complexity index is 1490. The third-order valence-electron chi connectivity index (χ3n) is 5.26. The Morgan fingerprint density at radius 3 is 2.31 bits per heavy atom. The van der Waals surface area contributed by atoms with E-state index in [0.29, 0.717) is 27.0 Å². The molecule has 10 heteroatoms. The number of hydrogen-bond donors (Lipinski definition) is 1. The first-order chi connectivity index (χ1) is 17.4. The Morgan fingerprint density at radius 2 is 1.61 bits per heavy atom. The zero-order valence-electron chi connectivity index (χ0n) is 18.4. The molecule has 0 saturated carbocycles. The number of nitrogens with zero attached hydrogens (tertiary/aromatic N) is 4. The largest absolute Gasteiger partial charge is 0.416 e. The molecular weight excluding hydrogens is 507 g/mol. The molecule has 2 aromatic heterocycles. The summed E-state index contributed by atoms with van der Waals surface area (Å²) in [5.74, 6) is 0. The number of hydrogen-bond acceptors (Lipinski definition) is 5. The van der Waals surface area contributed by atoms with Crippen molar-refractivity contribution in [2.24, 2.45) is 5.10 Å².